The van der Waals surface area contributed by atoms with Gasteiger partial charge in [0, 0.05) is 13.0 Å². The molecule has 3 rings (SSSR count). The third kappa shape index (κ3) is 7.04. The van der Waals surface area contributed by atoms with E-state index in [0.717, 1.165) is 22.0 Å². The molecule has 0 aliphatic carbocycles. The van der Waals surface area contributed by atoms with Crippen LogP contribution in [0.5, 0.6) is 5.75 Å². The summed E-state index contributed by atoms with van der Waals surface area (Å²) in [4.78, 5) is 26.2. The molecule has 0 aromatic heterocycles. The quantitative estimate of drug-likeness (QED) is 0.535. The molecule has 1 saturated heterocycles. The lowest BCUT2D eigenvalue weighted by molar-refractivity contribution is -0.158. The molecular formula is C26H33FN2O6S. The van der Waals surface area contributed by atoms with Crippen molar-refractivity contribution in [3.8, 4) is 5.75 Å². The summed E-state index contributed by atoms with van der Waals surface area (Å²) in [6.07, 6.45) is 1.64. The number of nitrogens with zero attached hydrogens (tertiary/aromatic N) is 1. The summed E-state index contributed by atoms with van der Waals surface area (Å²) in [6, 6.07) is 9.70. The molecule has 1 heterocycles. The average molecular weight is 521 g/mol. The Morgan fingerprint density at radius 2 is 1.83 bits per heavy atom. The highest BCUT2D eigenvalue weighted by Crippen LogP contribution is 2.26. The molecule has 0 spiro atoms. The van der Waals surface area contributed by atoms with E-state index in [1.54, 1.807) is 52.1 Å². The smallest absolute Gasteiger partial charge is 0.329 e. The molecule has 1 amide bonds. The molecule has 36 heavy (non-hydrogen) atoms. The number of piperidine rings is 1. The molecular weight excluding hydrogens is 487 g/mol. The number of sulfonamides is 1. The molecule has 1 fully saturated rings. The molecule has 0 saturated carbocycles. The lowest BCUT2D eigenvalue weighted by atomic mass is 10.0. The second-order valence-corrected chi connectivity index (χ2v) is 11.6. The molecule has 1 aliphatic rings. The zero-order chi connectivity index (χ0) is 26.5. The van der Waals surface area contributed by atoms with Crippen LogP contribution in [-0.4, -0.2) is 55.9 Å². The maximum atomic E-state index is 13.7. The van der Waals surface area contributed by atoms with Crippen molar-refractivity contribution in [1.29, 1.82) is 0 Å². The van der Waals surface area contributed by atoms with E-state index in [9.17, 15) is 22.4 Å². The normalized spacial score (nSPS) is 17.8. The molecule has 1 aliphatic heterocycles. The Kier molecular flexibility index (Phi) is 8.73. The van der Waals surface area contributed by atoms with Crippen LogP contribution in [0.3, 0.4) is 0 Å². The van der Waals surface area contributed by atoms with Crippen LogP contribution in [0, 0.1) is 5.82 Å². The number of halogens is 1. The Hall–Kier alpha value is -2.98. The fourth-order valence-electron chi connectivity index (χ4n) is 4.05. The molecule has 8 nitrogen and oxygen atoms in total. The van der Waals surface area contributed by atoms with Gasteiger partial charge < -0.3 is 14.8 Å². The van der Waals surface area contributed by atoms with Gasteiger partial charge in [-0.15, -0.1) is 0 Å². The lowest BCUT2D eigenvalue weighted by Gasteiger charge is -2.34. The monoisotopic (exact) mass is 520 g/mol. The summed E-state index contributed by atoms with van der Waals surface area (Å²) >= 11 is 0. The first kappa shape index (κ1) is 27.6. The van der Waals surface area contributed by atoms with Crippen LogP contribution >= 0.6 is 0 Å². The van der Waals surface area contributed by atoms with Gasteiger partial charge in [-0.05, 0) is 69.5 Å². The highest BCUT2D eigenvalue weighted by atomic mass is 32.2. The first-order chi connectivity index (χ1) is 16.9. The Labute approximate surface area is 211 Å². The Morgan fingerprint density at radius 1 is 1.14 bits per heavy atom. The van der Waals surface area contributed by atoms with E-state index in [0.29, 0.717) is 18.6 Å². The minimum Gasteiger partial charge on any atom is -0.497 e. The van der Waals surface area contributed by atoms with Gasteiger partial charge in [0.1, 0.15) is 29.3 Å². The summed E-state index contributed by atoms with van der Waals surface area (Å²) in [5, 5.41) is 2.73. The van der Waals surface area contributed by atoms with Gasteiger partial charge in [0.15, 0.2) is 0 Å². The summed E-state index contributed by atoms with van der Waals surface area (Å²) in [5.74, 6) is -1.25. The fourth-order valence-corrected chi connectivity index (χ4v) is 5.74. The van der Waals surface area contributed by atoms with E-state index in [-0.39, 0.29) is 24.3 Å². The van der Waals surface area contributed by atoms with E-state index >= 15 is 0 Å². The summed E-state index contributed by atoms with van der Waals surface area (Å²) in [7, 11) is -2.58. The van der Waals surface area contributed by atoms with Crippen molar-refractivity contribution in [2.75, 3.05) is 13.7 Å². The van der Waals surface area contributed by atoms with Crippen LogP contribution < -0.4 is 10.1 Å². The van der Waals surface area contributed by atoms with Crippen molar-refractivity contribution >= 4 is 21.9 Å². The highest BCUT2D eigenvalue weighted by Gasteiger charge is 2.39. The summed E-state index contributed by atoms with van der Waals surface area (Å²) in [6.45, 7) is 5.30. The van der Waals surface area contributed by atoms with Gasteiger partial charge in [0.2, 0.25) is 15.9 Å². The molecule has 10 heteroatoms. The first-order valence-corrected chi connectivity index (χ1v) is 13.3. The Balaban J connectivity index is 1.85. The summed E-state index contributed by atoms with van der Waals surface area (Å²) in [5.41, 5.74) is -0.0165. The predicted octanol–water partition coefficient (Wildman–Crippen LogP) is 3.45. The van der Waals surface area contributed by atoms with Crippen LogP contribution in [0.15, 0.2) is 53.4 Å². The molecule has 0 bridgehead atoms. The van der Waals surface area contributed by atoms with Gasteiger partial charge in [-0.2, -0.15) is 4.31 Å². The van der Waals surface area contributed by atoms with E-state index < -0.39 is 45.4 Å². The maximum Gasteiger partial charge on any atom is 0.329 e. The molecule has 2 aromatic rings. The van der Waals surface area contributed by atoms with Crippen molar-refractivity contribution in [1.82, 2.24) is 9.62 Å². The predicted molar refractivity (Wildman–Crippen MR) is 132 cm³/mol. The molecule has 2 aromatic carbocycles. The van der Waals surface area contributed by atoms with Gasteiger partial charge in [0.05, 0.1) is 12.0 Å². The number of nitrogens with one attached hydrogen (secondary N) is 1. The number of hydrogen-bond donors (Lipinski definition) is 1. The van der Waals surface area contributed by atoms with E-state index in [2.05, 4.69) is 5.32 Å². The average Bonchev–Trinajstić information content (AvgIpc) is 2.83. The number of carbonyl (C=O) groups excluding carboxylic acids is 2. The van der Waals surface area contributed by atoms with Gasteiger partial charge in [-0.3, -0.25) is 4.79 Å². The van der Waals surface area contributed by atoms with Gasteiger partial charge in [-0.1, -0.05) is 24.6 Å². The second kappa shape index (κ2) is 11.4. The number of esters is 1. The zero-order valence-electron chi connectivity index (χ0n) is 21.0. The number of hydrogen-bond acceptors (Lipinski definition) is 6. The van der Waals surface area contributed by atoms with Crippen LogP contribution in [0.2, 0.25) is 0 Å². The third-order valence-corrected chi connectivity index (χ3v) is 7.67. The van der Waals surface area contributed by atoms with Gasteiger partial charge in [-0.25, -0.2) is 17.6 Å². The lowest BCUT2D eigenvalue weighted by Crippen LogP contribution is -2.55. The number of ether oxygens (including phenoxy) is 2. The largest absolute Gasteiger partial charge is 0.497 e. The minimum absolute atomic E-state index is 0.118. The number of amides is 1. The van der Waals surface area contributed by atoms with Crippen LogP contribution in [-0.2, 0) is 30.8 Å². The van der Waals surface area contributed by atoms with Crippen molar-refractivity contribution in [2.45, 2.75) is 69.0 Å². The minimum atomic E-state index is -4.13. The van der Waals surface area contributed by atoms with Crippen molar-refractivity contribution in [2.24, 2.45) is 0 Å². The van der Waals surface area contributed by atoms with E-state index in [4.69, 9.17) is 9.47 Å². The summed E-state index contributed by atoms with van der Waals surface area (Å²) < 4.78 is 52.1. The molecule has 0 radical (unpaired) electrons. The van der Waals surface area contributed by atoms with Crippen LogP contribution in [0.25, 0.3) is 0 Å². The molecule has 0 unspecified atom stereocenters. The first-order valence-electron chi connectivity index (χ1n) is 11.8. The van der Waals surface area contributed by atoms with Crippen molar-refractivity contribution < 1.29 is 31.9 Å². The van der Waals surface area contributed by atoms with Crippen molar-refractivity contribution in [3.63, 3.8) is 0 Å². The standard InChI is InChI=1S/C26H33FN2O6S/c1-26(2,3)35-25(31)22(16-18-11-13-20(34-4)14-12-18)28-24(30)23-10-5-6-15-29(23)36(32,33)21-9-7-8-19(27)17-21/h7-9,11-14,17,22-23H,5-6,10,15-16H2,1-4H3,(H,28,30)/t22-,23-/m0/s1. The Morgan fingerprint density at radius 3 is 2.44 bits per heavy atom. The zero-order valence-corrected chi connectivity index (χ0v) is 21.8. The highest BCUT2D eigenvalue weighted by molar-refractivity contribution is 7.89. The van der Waals surface area contributed by atoms with E-state index in [1.807, 2.05) is 0 Å². The molecule has 196 valence electrons. The Bertz CT molecular complexity index is 1180. The fraction of sp³-hybridized carbons (Fsp3) is 0.462. The number of rotatable bonds is 8. The number of benzene rings is 2. The van der Waals surface area contributed by atoms with Gasteiger partial charge in [0.25, 0.3) is 0 Å². The third-order valence-electron chi connectivity index (χ3n) is 5.77. The number of carbonyl (C=O) groups is 2. The van der Waals surface area contributed by atoms with E-state index in [1.165, 1.54) is 12.1 Å². The molecule has 1 N–H and O–H groups in total. The maximum absolute atomic E-state index is 13.7. The van der Waals surface area contributed by atoms with Crippen LogP contribution in [0.1, 0.15) is 45.6 Å². The SMILES string of the molecule is COc1ccc(C[C@H](NC(=O)[C@@H]2CCCCN2S(=O)(=O)c2cccc(F)c2)C(=O)OC(C)(C)C)cc1. The van der Waals surface area contributed by atoms with Crippen molar-refractivity contribution in [3.05, 3.63) is 59.9 Å². The molecule has 2 atom stereocenters. The number of methoxy groups -OCH3 is 1. The van der Waals surface area contributed by atoms with Crippen LogP contribution in [0.4, 0.5) is 4.39 Å². The van der Waals surface area contributed by atoms with Gasteiger partial charge >= 0.3 is 5.97 Å². The second-order valence-electron chi connectivity index (χ2n) is 9.73. The topological polar surface area (TPSA) is 102 Å².